The highest BCUT2D eigenvalue weighted by Gasteiger charge is 2.24. The first-order valence-corrected chi connectivity index (χ1v) is 18.9. The van der Waals surface area contributed by atoms with Gasteiger partial charge in [-0.05, 0) is 106 Å². The summed E-state index contributed by atoms with van der Waals surface area (Å²) < 4.78 is 0. The number of aromatic nitrogens is 6. The molecule has 54 heavy (non-hydrogen) atoms. The van der Waals surface area contributed by atoms with E-state index in [9.17, 15) is 0 Å². The van der Waals surface area contributed by atoms with Crippen molar-refractivity contribution in [3.63, 3.8) is 0 Å². The van der Waals surface area contributed by atoms with Gasteiger partial charge in [0.15, 0.2) is 0 Å². The maximum atomic E-state index is 3.82. The van der Waals surface area contributed by atoms with Gasteiger partial charge in [0.25, 0.3) is 0 Å². The van der Waals surface area contributed by atoms with Crippen molar-refractivity contribution in [3.8, 4) is 0 Å². The Labute approximate surface area is 317 Å². The van der Waals surface area contributed by atoms with Crippen LogP contribution in [-0.4, -0.2) is 29.9 Å². The lowest BCUT2D eigenvalue weighted by Gasteiger charge is -2.29. The Morgan fingerprint density at radius 1 is 0.241 bits per heavy atom. The summed E-state index contributed by atoms with van der Waals surface area (Å²) in [5.74, 6) is 0. The van der Waals surface area contributed by atoms with E-state index in [1.54, 1.807) is 0 Å². The maximum absolute atomic E-state index is 3.82. The van der Waals surface area contributed by atoms with Gasteiger partial charge in [-0.2, -0.15) is 0 Å². The smallest absolute Gasteiger partial charge is 0.0360 e. The minimum absolute atomic E-state index is 0.724. The zero-order valence-electron chi connectivity index (χ0n) is 30.9. The highest BCUT2D eigenvalue weighted by Crippen LogP contribution is 2.31. The predicted molar refractivity (Wildman–Crippen MR) is 214 cm³/mol. The topological polar surface area (TPSA) is 167 Å². The van der Waals surface area contributed by atoms with E-state index in [2.05, 4.69) is 135 Å². The van der Waals surface area contributed by atoms with Crippen molar-refractivity contribution in [3.05, 3.63) is 178 Å². The van der Waals surface area contributed by atoms with Gasteiger partial charge in [0.05, 0.1) is 0 Å². The molecule has 7 aromatic rings. The Bertz CT molecular complexity index is 1600. The molecule has 0 aliphatic heterocycles. The van der Waals surface area contributed by atoms with Crippen molar-refractivity contribution in [2.75, 3.05) is 0 Å². The summed E-state index contributed by atoms with van der Waals surface area (Å²) in [6.07, 6.45) is 11.9. The quantitative estimate of drug-likeness (QED) is 0.0399. The summed E-state index contributed by atoms with van der Waals surface area (Å²) in [5.41, 5.74) is 15.0. The third-order valence-electron chi connectivity index (χ3n) is 9.86. The van der Waals surface area contributed by atoms with Crippen molar-refractivity contribution in [1.82, 2.24) is 61.8 Å². The molecule has 12 N–H and O–H groups in total. The fourth-order valence-corrected chi connectivity index (χ4v) is 7.17. The Morgan fingerprint density at radius 2 is 0.407 bits per heavy atom. The van der Waals surface area contributed by atoms with Gasteiger partial charge in [-0.15, -0.1) is 0 Å². The van der Waals surface area contributed by atoms with E-state index in [1.807, 2.05) is 37.2 Å². The van der Waals surface area contributed by atoms with Crippen molar-refractivity contribution in [2.24, 2.45) is 0 Å². The molecular weight excluding hydrogens is 673 g/mol. The summed E-state index contributed by atoms with van der Waals surface area (Å²) in [6.45, 7) is 8.83. The molecule has 6 heterocycles. The molecule has 6 aromatic heterocycles. The van der Waals surface area contributed by atoms with E-state index in [4.69, 9.17) is 0 Å². The van der Waals surface area contributed by atoms with E-state index >= 15 is 0 Å². The molecule has 0 radical (unpaired) electrons. The van der Waals surface area contributed by atoms with Gasteiger partial charge < -0.3 is 61.8 Å². The Morgan fingerprint density at radius 3 is 0.537 bits per heavy atom. The highest BCUT2D eigenvalue weighted by atomic mass is 14.9. The number of benzene rings is 1. The second kappa shape index (κ2) is 19.7. The summed E-state index contributed by atoms with van der Waals surface area (Å²) in [6, 6.07) is 25.1. The van der Waals surface area contributed by atoms with Crippen LogP contribution in [0.4, 0.5) is 0 Å². The van der Waals surface area contributed by atoms with Gasteiger partial charge in [-0.25, -0.2) is 0 Å². The SMILES string of the molecule is c1c[nH]c(CNCc2c(CNCc3ccc[nH]3)c(CNCc3ccc[nH]3)c(CNCc3ccc[nH]3)c(CNCc3ccc[nH]3)c2CNCc2ccc[nH]2)c1. The van der Waals surface area contributed by atoms with Crippen LogP contribution in [0.3, 0.4) is 0 Å². The number of H-pyrrole nitrogens is 6. The number of nitrogens with one attached hydrogen (secondary N) is 12. The molecule has 0 spiro atoms. The maximum Gasteiger partial charge on any atom is 0.0360 e. The zero-order valence-corrected chi connectivity index (χ0v) is 30.9. The number of hydrogen-bond donors (Lipinski definition) is 12. The molecule has 0 aliphatic rings. The van der Waals surface area contributed by atoms with E-state index in [1.165, 1.54) is 67.5 Å². The van der Waals surface area contributed by atoms with Crippen LogP contribution in [0.2, 0.25) is 0 Å². The van der Waals surface area contributed by atoms with Crippen LogP contribution in [-0.2, 0) is 78.5 Å². The van der Waals surface area contributed by atoms with Crippen LogP contribution in [0.5, 0.6) is 0 Å². The van der Waals surface area contributed by atoms with E-state index in [0.29, 0.717) is 0 Å². The van der Waals surface area contributed by atoms with Gasteiger partial charge in [0, 0.05) is 150 Å². The summed E-state index contributed by atoms with van der Waals surface area (Å²) >= 11 is 0. The van der Waals surface area contributed by atoms with Gasteiger partial charge in [0.1, 0.15) is 0 Å². The molecule has 0 unspecified atom stereocenters. The molecule has 0 saturated heterocycles. The highest BCUT2D eigenvalue weighted by molar-refractivity contribution is 5.53. The molecule has 0 aliphatic carbocycles. The van der Waals surface area contributed by atoms with Crippen LogP contribution in [0.1, 0.15) is 67.5 Å². The van der Waals surface area contributed by atoms with Gasteiger partial charge in [-0.1, -0.05) is 0 Å². The van der Waals surface area contributed by atoms with E-state index < -0.39 is 0 Å². The van der Waals surface area contributed by atoms with Crippen molar-refractivity contribution < 1.29 is 0 Å². The summed E-state index contributed by atoms with van der Waals surface area (Å²) in [7, 11) is 0. The molecule has 0 bridgehead atoms. The van der Waals surface area contributed by atoms with E-state index in [-0.39, 0.29) is 0 Å². The second-order valence-electron chi connectivity index (χ2n) is 13.7. The van der Waals surface area contributed by atoms with Crippen LogP contribution >= 0.6 is 0 Å². The van der Waals surface area contributed by atoms with Crippen molar-refractivity contribution in [1.29, 1.82) is 0 Å². The van der Waals surface area contributed by atoms with Crippen molar-refractivity contribution in [2.45, 2.75) is 78.5 Å². The largest absolute Gasteiger partial charge is 0.364 e. The summed E-state index contributed by atoms with van der Waals surface area (Å²) in [4.78, 5) is 20.2. The molecule has 0 saturated carbocycles. The molecule has 7 rings (SSSR count). The van der Waals surface area contributed by atoms with Gasteiger partial charge in [-0.3, -0.25) is 0 Å². The number of aromatic amines is 6. The third kappa shape index (κ3) is 10.4. The lowest BCUT2D eigenvalue weighted by molar-refractivity contribution is 0.590. The predicted octanol–water partition coefficient (Wildman–Crippen LogP) is 5.39. The number of hydrogen-bond acceptors (Lipinski definition) is 6. The zero-order chi connectivity index (χ0) is 36.6. The lowest BCUT2D eigenvalue weighted by Crippen LogP contribution is -2.30. The summed E-state index contributed by atoms with van der Waals surface area (Å²) in [5, 5.41) is 22.9. The fraction of sp³-hybridized carbons (Fsp3) is 0.286. The second-order valence-corrected chi connectivity index (χ2v) is 13.7. The molecular formula is C42H54N12. The van der Waals surface area contributed by atoms with Gasteiger partial charge >= 0.3 is 0 Å². The standard InChI is InChI=1S/C42H54N12/c1-7-31(49-13-1)19-43-25-37-38(26-44-20-32-8-2-14-50-32)40(28-46-22-34-10-4-16-52-34)42(30-48-24-36-12-6-18-54-36)41(29-47-23-35-11-5-17-53-35)39(37)27-45-21-33-9-3-15-51-33/h1-18,43-54H,19-30H2. The van der Waals surface area contributed by atoms with Crippen LogP contribution in [0.25, 0.3) is 0 Å². The van der Waals surface area contributed by atoms with Crippen molar-refractivity contribution >= 4 is 0 Å². The molecule has 12 heteroatoms. The fourth-order valence-electron chi connectivity index (χ4n) is 7.17. The third-order valence-corrected chi connectivity index (χ3v) is 9.86. The minimum Gasteiger partial charge on any atom is -0.364 e. The van der Waals surface area contributed by atoms with Gasteiger partial charge in [0.2, 0.25) is 0 Å². The molecule has 0 fully saturated rings. The minimum atomic E-state index is 0.724. The monoisotopic (exact) mass is 726 g/mol. The molecule has 0 atom stereocenters. The first kappa shape index (κ1) is 37.0. The average molecular weight is 727 g/mol. The number of rotatable bonds is 24. The first-order chi connectivity index (χ1) is 26.8. The molecule has 1 aromatic carbocycles. The average Bonchev–Trinajstić information content (AvgIpc) is 4.04. The molecule has 0 amide bonds. The lowest BCUT2D eigenvalue weighted by atomic mass is 9.85. The van der Waals surface area contributed by atoms with Crippen LogP contribution < -0.4 is 31.9 Å². The Hall–Kier alpha value is -5.34. The Kier molecular flexibility index (Phi) is 13.5. The Balaban J connectivity index is 1.30. The first-order valence-electron chi connectivity index (χ1n) is 18.9. The molecule has 12 nitrogen and oxygen atoms in total. The molecule has 282 valence electrons. The van der Waals surface area contributed by atoms with E-state index in [0.717, 1.165) is 78.5 Å². The normalized spacial score (nSPS) is 11.6. The van der Waals surface area contributed by atoms with Crippen LogP contribution in [0.15, 0.2) is 110 Å². The van der Waals surface area contributed by atoms with Crippen LogP contribution in [0, 0.1) is 0 Å².